The van der Waals surface area contributed by atoms with E-state index < -0.39 is 0 Å². The molecule has 2 nitrogen and oxygen atoms in total. The zero-order chi connectivity index (χ0) is 13.1. The Balaban J connectivity index is 1.69. The molecule has 0 radical (unpaired) electrons. The van der Waals surface area contributed by atoms with Crippen LogP contribution in [0.25, 0.3) is 10.1 Å². The Bertz CT molecular complexity index is 526. The number of fused-ring (bicyclic) bond motifs is 1. The van der Waals surface area contributed by atoms with Crippen LogP contribution >= 0.6 is 11.3 Å². The third-order valence-corrected chi connectivity index (χ3v) is 4.90. The van der Waals surface area contributed by atoms with E-state index in [9.17, 15) is 0 Å². The predicted octanol–water partition coefficient (Wildman–Crippen LogP) is 3.82. The third kappa shape index (κ3) is 2.77. The first kappa shape index (κ1) is 12.9. The van der Waals surface area contributed by atoms with Gasteiger partial charge in [0.15, 0.2) is 0 Å². The number of thiophene rings is 1. The number of hydrogen-bond acceptors (Lipinski definition) is 3. The van der Waals surface area contributed by atoms with Crippen molar-refractivity contribution < 1.29 is 0 Å². The summed E-state index contributed by atoms with van der Waals surface area (Å²) in [5.41, 5.74) is 1.42. The summed E-state index contributed by atoms with van der Waals surface area (Å²) in [5, 5.41) is 3.63. The van der Waals surface area contributed by atoms with Gasteiger partial charge in [0.05, 0.1) is 0 Å². The molecule has 1 saturated heterocycles. The molecule has 102 valence electrons. The van der Waals surface area contributed by atoms with E-state index >= 15 is 0 Å². The highest BCUT2D eigenvalue weighted by Gasteiger charge is 2.18. The Morgan fingerprint density at radius 2 is 1.95 bits per heavy atom. The van der Waals surface area contributed by atoms with Crippen LogP contribution in [0.4, 0.5) is 5.69 Å². The van der Waals surface area contributed by atoms with Crippen molar-refractivity contribution in [3.05, 3.63) is 29.6 Å². The van der Waals surface area contributed by atoms with Crippen LogP contribution in [0.2, 0.25) is 0 Å². The van der Waals surface area contributed by atoms with Gasteiger partial charge in [0, 0.05) is 42.0 Å². The normalized spacial score (nSPS) is 17.2. The number of anilines is 1. The van der Waals surface area contributed by atoms with E-state index in [2.05, 4.69) is 46.4 Å². The van der Waals surface area contributed by atoms with Gasteiger partial charge in [-0.05, 0) is 36.5 Å². The smallest absolute Gasteiger partial charge is 0.0455 e. The van der Waals surface area contributed by atoms with E-state index in [1.54, 1.807) is 0 Å². The zero-order valence-corrected chi connectivity index (χ0v) is 12.5. The molecule has 3 rings (SSSR count). The molecule has 1 aliphatic rings. The predicted molar refractivity (Wildman–Crippen MR) is 85.4 cm³/mol. The lowest BCUT2D eigenvalue weighted by atomic mass is 10.2. The molecule has 19 heavy (non-hydrogen) atoms. The highest BCUT2D eigenvalue weighted by atomic mass is 32.1. The summed E-state index contributed by atoms with van der Waals surface area (Å²) in [5.74, 6) is 0. The van der Waals surface area contributed by atoms with E-state index in [0.717, 1.165) is 0 Å². The first-order valence-electron chi connectivity index (χ1n) is 7.32. The minimum atomic E-state index is 1.17. The number of unbranched alkanes of at least 4 members (excludes halogenated alkanes) is 1. The van der Waals surface area contributed by atoms with Crippen LogP contribution in [0, 0.1) is 0 Å². The van der Waals surface area contributed by atoms with Gasteiger partial charge < -0.3 is 4.90 Å². The fourth-order valence-electron chi connectivity index (χ4n) is 2.85. The Morgan fingerprint density at radius 1 is 1.11 bits per heavy atom. The Hall–Kier alpha value is -1.06. The fourth-order valence-corrected chi connectivity index (χ4v) is 3.66. The van der Waals surface area contributed by atoms with Crippen LogP contribution < -0.4 is 4.90 Å². The van der Waals surface area contributed by atoms with Crippen molar-refractivity contribution in [3.63, 3.8) is 0 Å². The Labute approximate surface area is 119 Å². The van der Waals surface area contributed by atoms with E-state index in [1.807, 2.05) is 11.3 Å². The number of hydrogen-bond donors (Lipinski definition) is 0. The second-order valence-corrected chi connectivity index (χ2v) is 6.24. The van der Waals surface area contributed by atoms with E-state index in [0.29, 0.717) is 0 Å². The molecule has 3 heteroatoms. The first-order valence-corrected chi connectivity index (χ1v) is 8.20. The molecule has 1 fully saturated rings. The molecule has 0 amide bonds. The molecule has 0 atom stereocenters. The van der Waals surface area contributed by atoms with Crippen molar-refractivity contribution in [1.29, 1.82) is 0 Å². The standard InChI is InChI=1S/C16H22N2S/c1-2-3-8-17-9-11-18(12-10-17)15-5-4-6-16-14(15)7-13-19-16/h4-7,13H,2-3,8-12H2,1H3. The Kier molecular flexibility index (Phi) is 4.04. The first-order chi connectivity index (χ1) is 9.38. The van der Waals surface area contributed by atoms with Gasteiger partial charge in [0.2, 0.25) is 0 Å². The second-order valence-electron chi connectivity index (χ2n) is 5.29. The van der Waals surface area contributed by atoms with Crippen LogP contribution in [0.1, 0.15) is 19.8 Å². The van der Waals surface area contributed by atoms with Crippen LogP contribution in [0.15, 0.2) is 29.6 Å². The number of piperazine rings is 1. The summed E-state index contributed by atoms with van der Waals surface area (Å²) >= 11 is 1.84. The monoisotopic (exact) mass is 274 g/mol. The van der Waals surface area contributed by atoms with Gasteiger partial charge in [0.1, 0.15) is 0 Å². The minimum absolute atomic E-state index is 1.17. The van der Waals surface area contributed by atoms with Gasteiger partial charge in [-0.3, -0.25) is 4.90 Å². The summed E-state index contributed by atoms with van der Waals surface area (Å²) in [4.78, 5) is 5.16. The van der Waals surface area contributed by atoms with Gasteiger partial charge in [0.25, 0.3) is 0 Å². The number of nitrogens with zero attached hydrogens (tertiary/aromatic N) is 2. The van der Waals surface area contributed by atoms with Crippen LogP contribution in [-0.4, -0.2) is 37.6 Å². The zero-order valence-electron chi connectivity index (χ0n) is 11.6. The van der Waals surface area contributed by atoms with Crippen molar-refractivity contribution in [3.8, 4) is 0 Å². The fraction of sp³-hybridized carbons (Fsp3) is 0.500. The van der Waals surface area contributed by atoms with Crippen molar-refractivity contribution in [2.45, 2.75) is 19.8 Å². The summed E-state index contributed by atoms with van der Waals surface area (Å²) in [6, 6.07) is 8.95. The molecular formula is C16H22N2S. The van der Waals surface area contributed by atoms with Crippen molar-refractivity contribution in [2.24, 2.45) is 0 Å². The van der Waals surface area contributed by atoms with Crippen molar-refractivity contribution in [1.82, 2.24) is 4.90 Å². The molecule has 1 aromatic heterocycles. The lowest BCUT2D eigenvalue weighted by Crippen LogP contribution is -2.46. The van der Waals surface area contributed by atoms with E-state index in [-0.39, 0.29) is 0 Å². The molecule has 0 saturated carbocycles. The summed E-state index contributed by atoms with van der Waals surface area (Å²) in [7, 11) is 0. The molecule has 2 aromatic rings. The average molecular weight is 274 g/mol. The molecule has 1 aromatic carbocycles. The lowest BCUT2D eigenvalue weighted by molar-refractivity contribution is 0.254. The molecule has 0 N–H and O–H groups in total. The maximum atomic E-state index is 2.60. The molecular weight excluding hydrogens is 252 g/mol. The number of benzene rings is 1. The van der Waals surface area contributed by atoms with Gasteiger partial charge in [-0.1, -0.05) is 19.4 Å². The van der Waals surface area contributed by atoms with E-state index in [4.69, 9.17) is 0 Å². The summed E-state index contributed by atoms with van der Waals surface area (Å²) in [6.45, 7) is 8.29. The second kappa shape index (κ2) is 5.93. The molecule has 0 bridgehead atoms. The highest BCUT2D eigenvalue weighted by Crippen LogP contribution is 2.31. The maximum Gasteiger partial charge on any atom is 0.0455 e. The van der Waals surface area contributed by atoms with Crippen molar-refractivity contribution in [2.75, 3.05) is 37.6 Å². The van der Waals surface area contributed by atoms with Gasteiger partial charge in [-0.2, -0.15) is 0 Å². The third-order valence-electron chi connectivity index (χ3n) is 4.01. The summed E-state index contributed by atoms with van der Waals surface area (Å²) < 4.78 is 1.41. The van der Waals surface area contributed by atoms with Crippen molar-refractivity contribution >= 4 is 27.1 Å². The SMILES string of the molecule is CCCCN1CCN(c2cccc3sccc23)CC1. The molecule has 1 aliphatic heterocycles. The molecule has 0 spiro atoms. The maximum absolute atomic E-state index is 2.60. The number of rotatable bonds is 4. The van der Waals surface area contributed by atoms with Crippen LogP contribution in [0.5, 0.6) is 0 Å². The minimum Gasteiger partial charge on any atom is -0.368 e. The van der Waals surface area contributed by atoms with E-state index in [1.165, 1.54) is 61.3 Å². The summed E-state index contributed by atoms with van der Waals surface area (Å²) in [6.07, 6.45) is 2.63. The van der Waals surface area contributed by atoms with Crippen LogP contribution in [0.3, 0.4) is 0 Å². The van der Waals surface area contributed by atoms with Gasteiger partial charge in [-0.25, -0.2) is 0 Å². The topological polar surface area (TPSA) is 6.48 Å². The van der Waals surface area contributed by atoms with Crippen LogP contribution in [-0.2, 0) is 0 Å². The van der Waals surface area contributed by atoms with Gasteiger partial charge in [-0.15, -0.1) is 11.3 Å². The van der Waals surface area contributed by atoms with Gasteiger partial charge >= 0.3 is 0 Å². The Morgan fingerprint density at radius 3 is 2.74 bits per heavy atom. The molecule has 0 aliphatic carbocycles. The molecule has 0 unspecified atom stereocenters. The quantitative estimate of drug-likeness (QED) is 0.836. The largest absolute Gasteiger partial charge is 0.368 e. The highest BCUT2D eigenvalue weighted by molar-refractivity contribution is 7.17. The average Bonchev–Trinajstić information content (AvgIpc) is 2.94. The molecule has 2 heterocycles. The lowest BCUT2D eigenvalue weighted by Gasteiger charge is -2.36.